The van der Waals surface area contributed by atoms with Gasteiger partial charge in [0.05, 0.1) is 11.7 Å². The molecule has 26 heavy (non-hydrogen) atoms. The maximum absolute atomic E-state index is 12.8. The lowest BCUT2D eigenvalue weighted by atomic mass is 10.1. The van der Waals surface area contributed by atoms with Crippen LogP contribution in [0.1, 0.15) is 22.8 Å². The number of aliphatic hydroxyl groups is 1. The third-order valence-corrected chi connectivity index (χ3v) is 3.69. The van der Waals surface area contributed by atoms with Crippen molar-refractivity contribution in [2.75, 3.05) is 13.1 Å². The van der Waals surface area contributed by atoms with Crippen molar-refractivity contribution in [1.82, 2.24) is 10.6 Å². The van der Waals surface area contributed by atoms with Gasteiger partial charge in [0, 0.05) is 13.1 Å². The van der Waals surface area contributed by atoms with Gasteiger partial charge in [0.2, 0.25) is 0 Å². The lowest BCUT2D eigenvalue weighted by Gasteiger charge is -2.13. The van der Waals surface area contributed by atoms with Crippen molar-refractivity contribution >= 4 is 6.03 Å². The Kier molecular flexibility index (Phi) is 6.57. The van der Waals surface area contributed by atoms with Crippen LogP contribution in [0.4, 0.5) is 22.4 Å². The van der Waals surface area contributed by atoms with Gasteiger partial charge in [-0.25, -0.2) is 9.18 Å². The van der Waals surface area contributed by atoms with Crippen LogP contribution in [0.3, 0.4) is 0 Å². The molecule has 140 valence electrons. The highest BCUT2D eigenvalue weighted by molar-refractivity contribution is 5.73. The Bertz CT molecular complexity index is 715. The molecule has 8 heteroatoms. The molecule has 0 spiro atoms. The van der Waals surface area contributed by atoms with E-state index in [1.165, 1.54) is 36.4 Å². The molecule has 2 aromatic carbocycles. The van der Waals surface area contributed by atoms with E-state index in [1.807, 2.05) is 0 Å². The molecular weight excluding hydrogens is 352 g/mol. The third kappa shape index (κ3) is 6.03. The summed E-state index contributed by atoms with van der Waals surface area (Å²) in [5, 5.41) is 14.9. The number of alkyl halides is 3. The summed E-state index contributed by atoms with van der Waals surface area (Å²) in [7, 11) is 0. The van der Waals surface area contributed by atoms with Crippen LogP contribution in [-0.4, -0.2) is 24.2 Å². The monoisotopic (exact) mass is 370 g/mol. The molecule has 0 aliphatic heterocycles. The Balaban J connectivity index is 1.71. The van der Waals surface area contributed by atoms with Gasteiger partial charge in [-0.3, -0.25) is 0 Å². The van der Waals surface area contributed by atoms with Gasteiger partial charge in [0.15, 0.2) is 0 Å². The van der Waals surface area contributed by atoms with Gasteiger partial charge < -0.3 is 15.7 Å². The molecule has 0 bridgehead atoms. The second-order valence-corrected chi connectivity index (χ2v) is 5.65. The van der Waals surface area contributed by atoms with E-state index in [0.717, 1.165) is 12.1 Å². The smallest absolute Gasteiger partial charge is 0.387 e. The molecule has 3 N–H and O–H groups in total. The maximum atomic E-state index is 12.8. The number of aliphatic hydroxyl groups excluding tert-OH is 1. The fourth-order valence-electron chi connectivity index (χ4n) is 2.24. The summed E-state index contributed by atoms with van der Waals surface area (Å²) in [6.45, 7) is 0.168. The number of carbonyl (C=O) groups is 1. The van der Waals surface area contributed by atoms with Crippen molar-refractivity contribution in [3.63, 3.8) is 0 Å². The standard InChI is InChI=1S/C18H18F4N2O2/c19-15-7-3-13(4-8-15)16(25)11-24-17(26)23-10-9-12-1-5-14(6-2-12)18(20,21)22/h1-8,16,25H,9-11H2,(H2,23,24,26). The lowest BCUT2D eigenvalue weighted by Crippen LogP contribution is -2.38. The minimum atomic E-state index is -4.37. The summed E-state index contributed by atoms with van der Waals surface area (Å²) in [6.07, 6.45) is -4.98. The van der Waals surface area contributed by atoms with Gasteiger partial charge in [-0.05, 0) is 41.8 Å². The van der Waals surface area contributed by atoms with Gasteiger partial charge in [0.25, 0.3) is 0 Å². The second-order valence-electron chi connectivity index (χ2n) is 5.65. The van der Waals surface area contributed by atoms with Crippen LogP contribution in [0.15, 0.2) is 48.5 Å². The average Bonchev–Trinajstić information content (AvgIpc) is 2.60. The maximum Gasteiger partial charge on any atom is 0.416 e. The first-order chi connectivity index (χ1) is 12.3. The van der Waals surface area contributed by atoms with Crippen LogP contribution in [0.25, 0.3) is 0 Å². The molecule has 1 atom stereocenters. The van der Waals surface area contributed by atoms with Crippen molar-refractivity contribution in [2.24, 2.45) is 0 Å². The Morgan fingerprint density at radius 1 is 1.00 bits per heavy atom. The predicted octanol–water partition coefficient (Wildman–Crippen LogP) is 3.42. The number of amides is 2. The van der Waals surface area contributed by atoms with Crippen molar-refractivity contribution in [1.29, 1.82) is 0 Å². The van der Waals surface area contributed by atoms with Crippen LogP contribution in [0, 0.1) is 5.82 Å². The van der Waals surface area contributed by atoms with Crippen molar-refractivity contribution in [3.05, 3.63) is 71.0 Å². The zero-order valence-corrected chi connectivity index (χ0v) is 13.7. The topological polar surface area (TPSA) is 61.4 Å². The number of urea groups is 1. The molecule has 0 aromatic heterocycles. The highest BCUT2D eigenvalue weighted by Crippen LogP contribution is 2.29. The molecule has 2 rings (SSSR count). The highest BCUT2D eigenvalue weighted by atomic mass is 19.4. The van der Waals surface area contributed by atoms with E-state index in [4.69, 9.17) is 0 Å². The number of benzene rings is 2. The molecule has 4 nitrogen and oxygen atoms in total. The van der Waals surface area contributed by atoms with Crippen molar-refractivity contribution in [2.45, 2.75) is 18.7 Å². The van der Waals surface area contributed by atoms with E-state index in [-0.39, 0.29) is 13.1 Å². The van der Waals surface area contributed by atoms with E-state index in [9.17, 15) is 27.5 Å². The van der Waals surface area contributed by atoms with E-state index >= 15 is 0 Å². The number of rotatable bonds is 6. The number of hydrogen-bond donors (Lipinski definition) is 3. The van der Waals surface area contributed by atoms with Crippen LogP contribution in [0.2, 0.25) is 0 Å². The summed E-state index contributed by atoms with van der Waals surface area (Å²) in [6, 6.07) is 9.46. The summed E-state index contributed by atoms with van der Waals surface area (Å²) in [4.78, 5) is 11.7. The molecule has 2 aromatic rings. The molecular formula is C18H18F4N2O2. The Labute approximate surface area is 147 Å². The molecule has 0 saturated carbocycles. The van der Waals surface area contributed by atoms with Gasteiger partial charge in [0.1, 0.15) is 5.82 Å². The van der Waals surface area contributed by atoms with E-state index in [1.54, 1.807) is 0 Å². The molecule has 0 aliphatic rings. The van der Waals surface area contributed by atoms with Gasteiger partial charge in [-0.15, -0.1) is 0 Å². The third-order valence-electron chi connectivity index (χ3n) is 3.69. The largest absolute Gasteiger partial charge is 0.416 e. The zero-order valence-electron chi connectivity index (χ0n) is 13.7. The molecule has 1 unspecified atom stereocenters. The number of halogens is 4. The van der Waals surface area contributed by atoms with Crippen LogP contribution >= 0.6 is 0 Å². The number of hydrogen-bond acceptors (Lipinski definition) is 2. The van der Waals surface area contributed by atoms with Gasteiger partial charge in [-0.1, -0.05) is 24.3 Å². The van der Waals surface area contributed by atoms with Crippen LogP contribution in [0.5, 0.6) is 0 Å². The first-order valence-electron chi connectivity index (χ1n) is 7.87. The Hall–Kier alpha value is -2.61. The van der Waals surface area contributed by atoms with Crippen LogP contribution in [-0.2, 0) is 12.6 Å². The average molecular weight is 370 g/mol. The first-order valence-corrected chi connectivity index (χ1v) is 7.87. The second kappa shape index (κ2) is 8.66. The van der Waals surface area contributed by atoms with E-state index in [2.05, 4.69) is 10.6 Å². The summed E-state index contributed by atoms with van der Waals surface area (Å²) >= 11 is 0. The lowest BCUT2D eigenvalue weighted by molar-refractivity contribution is -0.137. The van der Waals surface area contributed by atoms with Crippen molar-refractivity contribution in [3.8, 4) is 0 Å². The number of nitrogens with one attached hydrogen (secondary N) is 2. The quantitative estimate of drug-likeness (QED) is 0.683. The molecule has 0 fully saturated rings. The van der Waals surface area contributed by atoms with Crippen molar-refractivity contribution < 1.29 is 27.5 Å². The Morgan fingerprint density at radius 2 is 1.62 bits per heavy atom. The number of carbonyl (C=O) groups excluding carboxylic acids is 1. The molecule has 0 saturated heterocycles. The highest BCUT2D eigenvalue weighted by Gasteiger charge is 2.29. The summed E-state index contributed by atoms with van der Waals surface area (Å²) < 4.78 is 50.2. The first kappa shape index (κ1) is 19.7. The zero-order chi connectivity index (χ0) is 19.2. The SMILES string of the molecule is O=C(NCCc1ccc(C(F)(F)F)cc1)NCC(O)c1ccc(F)cc1. The fraction of sp³-hybridized carbons (Fsp3) is 0.278. The fourth-order valence-corrected chi connectivity index (χ4v) is 2.24. The predicted molar refractivity (Wildman–Crippen MR) is 87.9 cm³/mol. The molecule has 2 amide bonds. The van der Waals surface area contributed by atoms with E-state index < -0.39 is 29.7 Å². The Morgan fingerprint density at radius 3 is 2.19 bits per heavy atom. The van der Waals surface area contributed by atoms with Gasteiger partial charge in [-0.2, -0.15) is 13.2 Å². The van der Waals surface area contributed by atoms with E-state index in [0.29, 0.717) is 17.5 Å². The van der Waals surface area contributed by atoms with Crippen LogP contribution < -0.4 is 10.6 Å². The molecule has 0 aliphatic carbocycles. The molecule has 0 heterocycles. The minimum absolute atomic E-state index is 0.0578. The normalized spacial score (nSPS) is 12.5. The van der Waals surface area contributed by atoms with Gasteiger partial charge >= 0.3 is 12.2 Å². The molecule has 0 radical (unpaired) electrons. The minimum Gasteiger partial charge on any atom is -0.387 e. The summed E-state index contributed by atoms with van der Waals surface area (Å²) in [5.74, 6) is -0.421. The summed E-state index contributed by atoms with van der Waals surface area (Å²) in [5.41, 5.74) is 0.405.